The van der Waals surface area contributed by atoms with Crippen LogP contribution in [0.3, 0.4) is 0 Å². The Labute approximate surface area is 209 Å². The lowest BCUT2D eigenvalue weighted by Crippen LogP contribution is -2.39. The molecule has 35 heavy (non-hydrogen) atoms. The molecule has 8 heteroatoms. The van der Waals surface area contributed by atoms with E-state index in [2.05, 4.69) is 16.0 Å². The van der Waals surface area contributed by atoms with Gasteiger partial charge in [-0.2, -0.15) is 0 Å². The number of nitrogens with zero attached hydrogens (tertiary/aromatic N) is 1. The van der Waals surface area contributed by atoms with E-state index in [1.165, 1.54) is 0 Å². The topological polar surface area (TPSA) is 90.5 Å². The minimum Gasteiger partial charge on any atom is -0.324 e. The normalized spacial score (nSPS) is 14.2. The maximum absolute atomic E-state index is 13.3. The van der Waals surface area contributed by atoms with Gasteiger partial charge in [0.15, 0.2) is 0 Å². The summed E-state index contributed by atoms with van der Waals surface area (Å²) in [6.45, 7) is 2.62. The molecule has 4 amide bonds. The number of amides is 4. The predicted octanol–water partition coefficient (Wildman–Crippen LogP) is 5.67. The van der Waals surface area contributed by atoms with Crippen LogP contribution in [0.5, 0.6) is 0 Å². The summed E-state index contributed by atoms with van der Waals surface area (Å²) in [6.07, 6.45) is 2.45. The molecular weight excluding hydrogens is 464 g/mol. The minimum absolute atomic E-state index is 0.121. The highest BCUT2D eigenvalue weighted by atomic mass is 35.5. The second-order valence-corrected chi connectivity index (χ2v) is 8.88. The van der Waals surface area contributed by atoms with Crippen molar-refractivity contribution < 1.29 is 14.4 Å². The van der Waals surface area contributed by atoms with Crippen molar-refractivity contribution in [2.24, 2.45) is 0 Å². The van der Waals surface area contributed by atoms with Crippen LogP contribution in [0.1, 0.15) is 36.4 Å². The fourth-order valence-electron chi connectivity index (χ4n) is 4.09. The molecule has 1 aliphatic heterocycles. The first kappa shape index (κ1) is 24.3. The molecular formula is C27H27ClN4O3. The maximum Gasteiger partial charge on any atom is 0.320 e. The molecule has 0 aromatic heterocycles. The molecule has 0 saturated carbocycles. The van der Waals surface area contributed by atoms with Crippen LogP contribution >= 0.6 is 11.6 Å². The fraction of sp³-hybridized carbons (Fsp3) is 0.222. The highest BCUT2D eigenvalue weighted by Gasteiger charge is 2.24. The van der Waals surface area contributed by atoms with Gasteiger partial charge in [0.2, 0.25) is 5.91 Å². The fourth-order valence-corrected chi connectivity index (χ4v) is 4.21. The summed E-state index contributed by atoms with van der Waals surface area (Å²) >= 11 is 5.90. The van der Waals surface area contributed by atoms with Gasteiger partial charge in [0, 0.05) is 35.1 Å². The van der Waals surface area contributed by atoms with E-state index in [0.717, 1.165) is 24.1 Å². The third-order valence-electron chi connectivity index (χ3n) is 5.85. The highest BCUT2D eigenvalue weighted by molar-refractivity contribution is 6.30. The van der Waals surface area contributed by atoms with Crippen molar-refractivity contribution in [1.29, 1.82) is 0 Å². The number of nitrogens with one attached hydrogen (secondary N) is 3. The molecule has 3 N–H and O–H groups in total. The van der Waals surface area contributed by atoms with Crippen molar-refractivity contribution >= 4 is 46.5 Å². The van der Waals surface area contributed by atoms with Gasteiger partial charge >= 0.3 is 6.03 Å². The molecule has 180 valence electrons. The van der Waals surface area contributed by atoms with Gasteiger partial charge in [0.05, 0.1) is 0 Å². The standard InChI is InChI=1S/C27H27ClN4O3/c1-18-17-22(14-15-23(18)32-16-6-5-9-24(32)33)29-26(34)25(19-7-3-2-4-8-19)31-27(35)30-21-12-10-20(28)11-13-21/h2-4,7-8,10-15,17,25H,5-6,9,16H2,1H3,(H,29,34)(H2,30,31,35)/t25-/m1/s1. The zero-order chi connectivity index (χ0) is 24.8. The molecule has 1 aliphatic rings. The molecule has 0 radical (unpaired) electrons. The molecule has 1 fully saturated rings. The van der Waals surface area contributed by atoms with E-state index in [0.29, 0.717) is 34.9 Å². The lowest BCUT2D eigenvalue weighted by atomic mass is 10.0. The summed E-state index contributed by atoms with van der Waals surface area (Å²) in [7, 11) is 0. The number of hydrogen-bond acceptors (Lipinski definition) is 3. The van der Waals surface area contributed by atoms with E-state index in [-0.39, 0.29) is 11.8 Å². The van der Waals surface area contributed by atoms with Crippen LogP contribution in [0.2, 0.25) is 5.02 Å². The summed E-state index contributed by atoms with van der Waals surface area (Å²) in [5.74, 6) is -0.264. The van der Waals surface area contributed by atoms with Crippen LogP contribution in [0.15, 0.2) is 72.8 Å². The Hall–Kier alpha value is -3.84. The van der Waals surface area contributed by atoms with Gasteiger partial charge in [-0.25, -0.2) is 4.79 Å². The van der Waals surface area contributed by atoms with Crippen molar-refractivity contribution in [3.8, 4) is 0 Å². The summed E-state index contributed by atoms with van der Waals surface area (Å²) in [6, 6.07) is 19.7. The molecule has 3 aromatic carbocycles. The molecule has 4 rings (SSSR count). The van der Waals surface area contributed by atoms with Crippen molar-refractivity contribution in [3.63, 3.8) is 0 Å². The Kier molecular flexibility index (Phi) is 7.67. The zero-order valence-electron chi connectivity index (χ0n) is 19.4. The highest BCUT2D eigenvalue weighted by Crippen LogP contribution is 2.27. The van der Waals surface area contributed by atoms with Gasteiger partial charge in [-0.05, 0) is 73.4 Å². The smallest absolute Gasteiger partial charge is 0.320 e. The molecule has 7 nitrogen and oxygen atoms in total. The van der Waals surface area contributed by atoms with Crippen LogP contribution in [0, 0.1) is 6.92 Å². The zero-order valence-corrected chi connectivity index (χ0v) is 20.1. The Balaban J connectivity index is 1.49. The van der Waals surface area contributed by atoms with Crippen LogP contribution in [0.25, 0.3) is 0 Å². The lowest BCUT2D eigenvalue weighted by Gasteiger charge is -2.28. The Morgan fingerprint density at radius 2 is 1.63 bits per heavy atom. The summed E-state index contributed by atoms with van der Waals surface area (Å²) < 4.78 is 0. The number of piperidine rings is 1. The molecule has 0 bridgehead atoms. The number of carbonyl (C=O) groups excluding carboxylic acids is 3. The lowest BCUT2D eigenvalue weighted by molar-refractivity contribution is -0.119. The number of hydrogen-bond donors (Lipinski definition) is 3. The first-order valence-electron chi connectivity index (χ1n) is 11.5. The van der Waals surface area contributed by atoms with E-state index >= 15 is 0 Å². The van der Waals surface area contributed by atoms with E-state index < -0.39 is 12.1 Å². The quantitative estimate of drug-likeness (QED) is 0.416. The van der Waals surface area contributed by atoms with Gasteiger partial charge in [-0.1, -0.05) is 41.9 Å². The van der Waals surface area contributed by atoms with Gasteiger partial charge in [-0.3, -0.25) is 9.59 Å². The Morgan fingerprint density at radius 1 is 0.914 bits per heavy atom. The van der Waals surface area contributed by atoms with E-state index in [9.17, 15) is 14.4 Å². The minimum atomic E-state index is -0.924. The molecule has 3 aromatic rings. The largest absolute Gasteiger partial charge is 0.324 e. The van der Waals surface area contributed by atoms with Crippen molar-refractivity contribution in [2.45, 2.75) is 32.2 Å². The van der Waals surface area contributed by atoms with Gasteiger partial charge in [-0.15, -0.1) is 0 Å². The number of benzene rings is 3. The van der Waals surface area contributed by atoms with Gasteiger partial charge in [0.25, 0.3) is 5.91 Å². The molecule has 0 unspecified atom stereocenters. The number of anilines is 3. The van der Waals surface area contributed by atoms with Gasteiger partial charge in [0.1, 0.15) is 6.04 Å². The summed E-state index contributed by atoms with van der Waals surface area (Å²) in [4.78, 5) is 40.0. The van der Waals surface area contributed by atoms with Crippen molar-refractivity contribution in [3.05, 3.63) is 88.9 Å². The number of halogens is 1. The predicted molar refractivity (Wildman–Crippen MR) is 139 cm³/mol. The third kappa shape index (κ3) is 6.19. The van der Waals surface area contributed by atoms with Crippen LogP contribution in [0.4, 0.5) is 21.9 Å². The molecule has 0 aliphatic carbocycles. The monoisotopic (exact) mass is 490 g/mol. The number of carbonyl (C=O) groups is 3. The summed E-state index contributed by atoms with van der Waals surface area (Å²) in [5, 5.41) is 8.93. The van der Waals surface area contributed by atoms with Gasteiger partial charge < -0.3 is 20.9 Å². The van der Waals surface area contributed by atoms with Crippen LogP contribution in [-0.2, 0) is 9.59 Å². The number of aryl methyl sites for hydroxylation is 1. The average Bonchev–Trinajstić information content (AvgIpc) is 2.85. The van der Waals surface area contributed by atoms with E-state index in [4.69, 9.17) is 11.6 Å². The SMILES string of the molecule is Cc1cc(NC(=O)[C@H](NC(=O)Nc2ccc(Cl)cc2)c2ccccc2)ccc1N1CCCCC1=O. The van der Waals surface area contributed by atoms with Crippen molar-refractivity contribution in [1.82, 2.24) is 5.32 Å². The third-order valence-corrected chi connectivity index (χ3v) is 6.10. The average molecular weight is 491 g/mol. The molecule has 1 heterocycles. The second kappa shape index (κ2) is 11.1. The van der Waals surface area contributed by atoms with E-state index in [1.54, 1.807) is 47.4 Å². The summed E-state index contributed by atoms with van der Waals surface area (Å²) in [5.41, 5.74) is 3.53. The molecule has 1 atom stereocenters. The van der Waals surface area contributed by atoms with E-state index in [1.807, 2.05) is 37.3 Å². The maximum atomic E-state index is 13.3. The molecule has 0 spiro atoms. The number of urea groups is 1. The first-order valence-corrected chi connectivity index (χ1v) is 11.9. The van der Waals surface area contributed by atoms with Crippen LogP contribution < -0.4 is 20.9 Å². The van der Waals surface area contributed by atoms with Crippen molar-refractivity contribution in [2.75, 3.05) is 22.1 Å². The molecule has 1 saturated heterocycles. The van der Waals surface area contributed by atoms with Crippen LogP contribution in [-0.4, -0.2) is 24.4 Å². The Bertz CT molecular complexity index is 1210. The number of rotatable bonds is 6. The second-order valence-electron chi connectivity index (χ2n) is 8.44. The Morgan fingerprint density at radius 3 is 2.31 bits per heavy atom. The first-order chi connectivity index (χ1) is 16.9.